The van der Waals surface area contributed by atoms with Gasteiger partial charge in [0.2, 0.25) is 5.91 Å². The van der Waals surface area contributed by atoms with Crippen LogP contribution in [0.4, 0.5) is 0 Å². The summed E-state index contributed by atoms with van der Waals surface area (Å²) in [6.07, 6.45) is -0.172. The number of benzene rings is 1. The molecule has 0 radical (unpaired) electrons. The molecule has 0 bridgehead atoms. The smallest absolute Gasteiger partial charge is 0.305 e. The number of hydrogen-bond donors (Lipinski definition) is 2. The summed E-state index contributed by atoms with van der Waals surface area (Å²) in [7, 11) is 0. The molecule has 0 spiro atoms. The van der Waals surface area contributed by atoms with Crippen LogP contribution >= 0.6 is 15.9 Å². The van der Waals surface area contributed by atoms with Crippen molar-refractivity contribution in [2.45, 2.75) is 19.4 Å². The predicted molar refractivity (Wildman–Crippen MR) is 73.8 cm³/mol. The van der Waals surface area contributed by atoms with E-state index in [-0.39, 0.29) is 18.9 Å². The minimum atomic E-state index is -0.971. The molecule has 0 aliphatic heterocycles. The lowest BCUT2D eigenvalue weighted by atomic mass is 10.0. The maximum atomic E-state index is 11.6. The van der Waals surface area contributed by atoms with Crippen molar-refractivity contribution in [3.8, 4) is 0 Å². The highest BCUT2D eigenvalue weighted by atomic mass is 79.9. The Bertz CT molecular complexity index is 450. The quantitative estimate of drug-likeness (QED) is 0.803. The fourth-order valence-corrected chi connectivity index (χ4v) is 2.00. The summed E-state index contributed by atoms with van der Waals surface area (Å²) in [4.78, 5) is 22.5. The van der Waals surface area contributed by atoms with Crippen LogP contribution in [0.15, 0.2) is 28.7 Å². The topological polar surface area (TPSA) is 75.6 Å². The highest BCUT2D eigenvalue weighted by Crippen LogP contribution is 2.20. The molecule has 1 rings (SSSR count). The zero-order valence-corrected chi connectivity index (χ0v) is 12.1. The number of carboxylic acid groups (broad SMARTS) is 1. The van der Waals surface area contributed by atoms with Crippen LogP contribution in [0.5, 0.6) is 0 Å². The number of aliphatic carboxylic acids is 1. The van der Waals surface area contributed by atoms with Crippen LogP contribution in [-0.2, 0) is 14.3 Å². The second-order valence-electron chi connectivity index (χ2n) is 3.91. The summed E-state index contributed by atoms with van der Waals surface area (Å²) in [6.45, 7) is 2.16. The van der Waals surface area contributed by atoms with Crippen molar-refractivity contribution in [3.63, 3.8) is 0 Å². The summed E-state index contributed by atoms with van der Waals surface area (Å²) in [5, 5.41) is 11.6. The zero-order valence-electron chi connectivity index (χ0n) is 10.6. The van der Waals surface area contributed by atoms with Crippen molar-refractivity contribution in [2.24, 2.45) is 0 Å². The number of carboxylic acids is 1. The highest BCUT2D eigenvalue weighted by Gasteiger charge is 2.18. The number of ether oxygens (including phenoxy) is 1. The Morgan fingerprint density at radius 1 is 1.47 bits per heavy atom. The van der Waals surface area contributed by atoms with Gasteiger partial charge in [-0.3, -0.25) is 9.59 Å². The van der Waals surface area contributed by atoms with E-state index in [1.54, 1.807) is 25.1 Å². The van der Waals surface area contributed by atoms with E-state index < -0.39 is 12.0 Å². The van der Waals surface area contributed by atoms with E-state index in [9.17, 15) is 9.59 Å². The first-order chi connectivity index (χ1) is 9.02. The molecule has 0 aromatic heterocycles. The van der Waals surface area contributed by atoms with E-state index in [2.05, 4.69) is 21.2 Å². The number of hydrogen-bond acceptors (Lipinski definition) is 3. The zero-order chi connectivity index (χ0) is 14.3. The second kappa shape index (κ2) is 7.91. The molecule has 19 heavy (non-hydrogen) atoms. The van der Waals surface area contributed by atoms with Gasteiger partial charge in [0, 0.05) is 11.1 Å². The fraction of sp³-hybridized carbons (Fsp3) is 0.385. The summed E-state index contributed by atoms with van der Waals surface area (Å²) >= 11 is 3.32. The Morgan fingerprint density at radius 3 is 2.79 bits per heavy atom. The molecule has 6 heteroatoms. The maximum absolute atomic E-state index is 11.6. The van der Waals surface area contributed by atoms with Gasteiger partial charge in [0.15, 0.2) is 0 Å². The van der Waals surface area contributed by atoms with E-state index in [1.165, 1.54) is 0 Å². The maximum Gasteiger partial charge on any atom is 0.305 e. The van der Waals surface area contributed by atoms with E-state index in [0.29, 0.717) is 6.61 Å². The molecular weight excluding hydrogens is 314 g/mol. The van der Waals surface area contributed by atoms with E-state index in [4.69, 9.17) is 9.84 Å². The third-order valence-electron chi connectivity index (χ3n) is 2.40. The average molecular weight is 330 g/mol. The monoisotopic (exact) mass is 329 g/mol. The molecule has 0 aliphatic carbocycles. The largest absolute Gasteiger partial charge is 0.481 e. The first-order valence-corrected chi connectivity index (χ1v) is 6.66. The van der Waals surface area contributed by atoms with Gasteiger partial charge in [-0.25, -0.2) is 0 Å². The van der Waals surface area contributed by atoms with Gasteiger partial charge in [-0.2, -0.15) is 0 Å². The molecule has 0 saturated heterocycles. The molecule has 104 valence electrons. The number of rotatable bonds is 7. The van der Waals surface area contributed by atoms with Crippen LogP contribution in [0, 0.1) is 0 Å². The number of nitrogens with one attached hydrogen (secondary N) is 1. The molecular formula is C13H16BrNO4. The summed E-state index contributed by atoms with van der Waals surface area (Å²) < 4.78 is 5.82. The molecule has 0 saturated carbocycles. The second-order valence-corrected chi connectivity index (χ2v) is 4.83. The van der Waals surface area contributed by atoms with Gasteiger partial charge in [0.1, 0.15) is 6.61 Å². The predicted octanol–water partition coefficient (Wildman–Crippen LogP) is 2.12. The molecule has 1 unspecified atom stereocenters. The Balaban J connectivity index is 2.77. The normalized spacial score (nSPS) is 11.9. The molecule has 1 aromatic carbocycles. The standard InChI is InChI=1S/C13H16BrNO4/c1-2-19-8-12(16)15-11(7-13(17)18)9-4-3-5-10(14)6-9/h3-6,11H,2,7-8H2,1H3,(H,15,16)(H,17,18). The van der Waals surface area contributed by atoms with E-state index >= 15 is 0 Å². The van der Waals surface area contributed by atoms with Crippen LogP contribution < -0.4 is 5.32 Å². The number of amides is 1. The van der Waals surface area contributed by atoms with Gasteiger partial charge in [0.05, 0.1) is 12.5 Å². The molecule has 1 atom stereocenters. The molecule has 2 N–H and O–H groups in total. The Labute approximate surface area is 120 Å². The molecule has 1 amide bonds. The lowest BCUT2D eigenvalue weighted by Crippen LogP contribution is -2.33. The van der Waals surface area contributed by atoms with Crippen molar-refractivity contribution < 1.29 is 19.4 Å². The van der Waals surface area contributed by atoms with Gasteiger partial charge < -0.3 is 15.2 Å². The summed E-state index contributed by atoms with van der Waals surface area (Å²) in [6, 6.07) is 6.63. The summed E-state index contributed by atoms with van der Waals surface area (Å²) in [5.74, 6) is -1.30. The Hall–Kier alpha value is -1.40. The van der Waals surface area contributed by atoms with Crippen LogP contribution in [0.3, 0.4) is 0 Å². The van der Waals surface area contributed by atoms with Gasteiger partial charge in [0.25, 0.3) is 0 Å². The van der Waals surface area contributed by atoms with E-state index in [1.807, 2.05) is 6.07 Å². The fourth-order valence-electron chi connectivity index (χ4n) is 1.58. The first-order valence-electron chi connectivity index (χ1n) is 5.87. The molecule has 1 aromatic rings. The van der Waals surface area contributed by atoms with Crippen molar-refractivity contribution in [2.75, 3.05) is 13.2 Å². The minimum absolute atomic E-state index is 0.0688. The van der Waals surface area contributed by atoms with Crippen LogP contribution in [0.1, 0.15) is 24.9 Å². The van der Waals surface area contributed by atoms with Crippen LogP contribution in [0.2, 0.25) is 0 Å². The minimum Gasteiger partial charge on any atom is -0.481 e. The third kappa shape index (κ3) is 5.85. The van der Waals surface area contributed by atoms with Gasteiger partial charge in [-0.05, 0) is 24.6 Å². The van der Waals surface area contributed by atoms with Gasteiger partial charge in [-0.1, -0.05) is 28.1 Å². The lowest BCUT2D eigenvalue weighted by Gasteiger charge is -2.17. The SMILES string of the molecule is CCOCC(=O)NC(CC(=O)O)c1cccc(Br)c1. The Morgan fingerprint density at radius 2 is 2.21 bits per heavy atom. The van der Waals surface area contributed by atoms with Gasteiger partial charge in [-0.15, -0.1) is 0 Å². The number of halogens is 1. The third-order valence-corrected chi connectivity index (χ3v) is 2.90. The van der Waals surface area contributed by atoms with Crippen LogP contribution in [-0.4, -0.2) is 30.2 Å². The molecule has 0 fully saturated rings. The first kappa shape index (κ1) is 15.7. The van der Waals surface area contributed by atoms with E-state index in [0.717, 1.165) is 10.0 Å². The van der Waals surface area contributed by atoms with Crippen molar-refractivity contribution >= 4 is 27.8 Å². The van der Waals surface area contributed by atoms with Crippen molar-refractivity contribution in [3.05, 3.63) is 34.3 Å². The van der Waals surface area contributed by atoms with Gasteiger partial charge >= 0.3 is 5.97 Å². The molecule has 0 heterocycles. The average Bonchev–Trinajstić information content (AvgIpc) is 2.35. The van der Waals surface area contributed by atoms with Crippen molar-refractivity contribution in [1.29, 1.82) is 0 Å². The highest BCUT2D eigenvalue weighted by molar-refractivity contribution is 9.10. The molecule has 0 aliphatic rings. The Kier molecular flexibility index (Phi) is 6.52. The lowest BCUT2D eigenvalue weighted by molar-refractivity contribution is -0.138. The number of carbonyl (C=O) groups excluding carboxylic acids is 1. The van der Waals surface area contributed by atoms with Crippen LogP contribution in [0.25, 0.3) is 0 Å². The van der Waals surface area contributed by atoms with Crippen molar-refractivity contribution in [1.82, 2.24) is 5.32 Å². The molecule has 5 nitrogen and oxygen atoms in total. The summed E-state index contributed by atoms with van der Waals surface area (Å²) in [5.41, 5.74) is 0.738. The number of carbonyl (C=O) groups is 2.